The van der Waals surface area contributed by atoms with Gasteiger partial charge in [0.15, 0.2) is 0 Å². The van der Waals surface area contributed by atoms with Gasteiger partial charge in [-0.1, -0.05) is 50.1 Å². The van der Waals surface area contributed by atoms with Gasteiger partial charge >= 0.3 is 0 Å². The maximum absolute atomic E-state index is 3.59. The van der Waals surface area contributed by atoms with Crippen LogP contribution in [0.3, 0.4) is 0 Å². The van der Waals surface area contributed by atoms with Crippen molar-refractivity contribution >= 4 is 37.5 Å². The van der Waals surface area contributed by atoms with E-state index in [1.54, 1.807) is 0 Å². The monoisotopic (exact) mass is 275 g/mol. The molecule has 1 heterocycles. The van der Waals surface area contributed by atoms with E-state index in [4.69, 9.17) is 0 Å². The van der Waals surface area contributed by atoms with Crippen LogP contribution in [0.15, 0.2) is 24.3 Å². The minimum Gasteiger partial charge on any atom is -0.371 e. The fourth-order valence-electron chi connectivity index (χ4n) is 1.25. The predicted molar refractivity (Wildman–Crippen MR) is 54.4 cm³/mol. The number of halogens is 2. The molecule has 0 amide bonds. The summed E-state index contributed by atoms with van der Waals surface area (Å²) in [6.07, 6.45) is 0. The molecule has 11 heavy (non-hydrogen) atoms. The molecule has 0 fully saturated rings. The van der Waals surface area contributed by atoms with Gasteiger partial charge in [-0.2, -0.15) is 0 Å². The average Bonchev–Trinajstić information content (AvgIpc) is 2.30. The maximum Gasteiger partial charge on any atom is 0.0986 e. The second-order valence-electron chi connectivity index (χ2n) is 2.54. The molecule has 1 N–H and O–H groups in total. The molecule has 0 saturated carbocycles. The molecule has 1 nitrogen and oxygen atoms in total. The Morgan fingerprint density at radius 2 is 1.91 bits per heavy atom. The van der Waals surface area contributed by atoms with Crippen LogP contribution in [0.4, 0.5) is 5.69 Å². The predicted octanol–water partition coefficient (Wildman–Crippen LogP) is 3.27. The number of rotatable bonds is 0. The highest BCUT2D eigenvalue weighted by atomic mass is 79.9. The molecule has 1 aliphatic heterocycles. The van der Waals surface area contributed by atoms with Crippen LogP contribution in [-0.2, 0) is 0 Å². The highest BCUT2D eigenvalue weighted by Crippen LogP contribution is 2.41. The number of anilines is 1. The number of nitrogens with one attached hydrogen (secondary N) is 1. The van der Waals surface area contributed by atoms with Crippen LogP contribution in [0.5, 0.6) is 0 Å². The van der Waals surface area contributed by atoms with Gasteiger partial charge in [0.2, 0.25) is 0 Å². The maximum atomic E-state index is 3.59. The molecular weight excluding hydrogens is 270 g/mol. The second-order valence-corrected chi connectivity index (χ2v) is 4.51. The molecule has 0 aromatic heterocycles. The van der Waals surface area contributed by atoms with Gasteiger partial charge in [-0.15, -0.1) is 0 Å². The third-order valence-electron chi connectivity index (χ3n) is 1.81. The molecule has 2 rings (SSSR count). The van der Waals surface area contributed by atoms with Crippen LogP contribution >= 0.6 is 31.9 Å². The van der Waals surface area contributed by atoms with E-state index in [0.29, 0.717) is 9.78 Å². The Hall–Kier alpha value is -0.0200. The van der Waals surface area contributed by atoms with Crippen LogP contribution in [-0.4, -0.2) is 4.95 Å². The Morgan fingerprint density at radius 1 is 1.18 bits per heavy atom. The molecule has 58 valence electrons. The molecule has 0 saturated heterocycles. The number of alkyl halides is 2. The molecule has 1 aliphatic rings. The molecular formula is C8H7Br2N. The fourth-order valence-corrected chi connectivity index (χ4v) is 2.31. The van der Waals surface area contributed by atoms with Gasteiger partial charge in [-0.25, -0.2) is 0 Å². The number of hydrogen-bond acceptors (Lipinski definition) is 1. The van der Waals surface area contributed by atoms with E-state index in [0.717, 1.165) is 0 Å². The van der Waals surface area contributed by atoms with Crippen LogP contribution in [0, 0.1) is 0 Å². The van der Waals surface area contributed by atoms with E-state index in [1.165, 1.54) is 11.3 Å². The smallest absolute Gasteiger partial charge is 0.0986 e. The highest BCUT2D eigenvalue weighted by Gasteiger charge is 2.26. The number of hydrogen-bond donors (Lipinski definition) is 1. The van der Waals surface area contributed by atoms with E-state index in [2.05, 4.69) is 55.4 Å². The van der Waals surface area contributed by atoms with Gasteiger partial charge in [0, 0.05) is 5.69 Å². The van der Waals surface area contributed by atoms with Crippen molar-refractivity contribution in [3.8, 4) is 0 Å². The summed E-state index contributed by atoms with van der Waals surface area (Å²) in [4.78, 5) is 0.707. The lowest BCUT2D eigenvalue weighted by Gasteiger charge is -2.04. The molecule has 1 aromatic rings. The molecule has 1 aromatic carbocycles. The fraction of sp³-hybridized carbons (Fsp3) is 0.250. The van der Waals surface area contributed by atoms with E-state index in [1.807, 2.05) is 6.07 Å². The van der Waals surface area contributed by atoms with Crippen LogP contribution < -0.4 is 5.32 Å². The van der Waals surface area contributed by atoms with Gasteiger partial charge in [0.25, 0.3) is 0 Å². The minimum absolute atomic E-state index is 0.319. The van der Waals surface area contributed by atoms with Gasteiger partial charge < -0.3 is 5.32 Å². The molecule has 0 radical (unpaired) electrons. The van der Waals surface area contributed by atoms with Crippen molar-refractivity contribution in [2.75, 3.05) is 5.32 Å². The largest absolute Gasteiger partial charge is 0.371 e. The normalized spacial score (nSPS) is 27.8. The summed E-state index contributed by atoms with van der Waals surface area (Å²) < 4.78 is 0. The summed E-state index contributed by atoms with van der Waals surface area (Å²) in [5, 5.41) is 3.32. The average molecular weight is 277 g/mol. The van der Waals surface area contributed by atoms with Gasteiger partial charge in [-0.3, -0.25) is 0 Å². The van der Waals surface area contributed by atoms with Crippen LogP contribution in [0.25, 0.3) is 0 Å². The van der Waals surface area contributed by atoms with Gasteiger partial charge in [0.05, 0.1) is 9.78 Å². The SMILES string of the molecule is BrC1Nc2ccccc2C1Br. The third kappa shape index (κ3) is 1.20. The number of para-hydroxylation sites is 1. The van der Waals surface area contributed by atoms with Crippen molar-refractivity contribution in [2.24, 2.45) is 0 Å². The van der Waals surface area contributed by atoms with Gasteiger partial charge in [-0.05, 0) is 11.6 Å². The van der Waals surface area contributed by atoms with E-state index in [-0.39, 0.29) is 0 Å². The van der Waals surface area contributed by atoms with E-state index < -0.39 is 0 Å². The van der Waals surface area contributed by atoms with Crippen molar-refractivity contribution in [3.63, 3.8) is 0 Å². The van der Waals surface area contributed by atoms with E-state index in [9.17, 15) is 0 Å². The van der Waals surface area contributed by atoms with E-state index >= 15 is 0 Å². The standard InChI is InChI=1S/C8H7Br2N/c9-7-5-3-1-2-4-6(5)11-8(7)10/h1-4,7-8,11H. The summed E-state index contributed by atoms with van der Waals surface area (Å²) in [6.45, 7) is 0. The number of fused-ring (bicyclic) bond motifs is 1. The van der Waals surface area contributed by atoms with Crippen molar-refractivity contribution in [1.29, 1.82) is 0 Å². The molecule has 3 heteroatoms. The lowest BCUT2D eigenvalue weighted by Crippen LogP contribution is -2.06. The topological polar surface area (TPSA) is 12.0 Å². The quantitative estimate of drug-likeness (QED) is 0.567. The van der Waals surface area contributed by atoms with Crippen molar-refractivity contribution < 1.29 is 0 Å². The second kappa shape index (κ2) is 2.79. The van der Waals surface area contributed by atoms with Crippen molar-refractivity contribution in [3.05, 3.63) is 29.8 Å². The molecule has 0 spiro atoms. The molecule has 0 bridgehead atoms. The van der Waals surface area contributed by atoms with Crippen LogP contribution in [0.2, 0.25) is 0 Å². The zero-order chi connectivity index (χ0) is 7.84. The first kappa shape index (κ1) is 7.62. The lowest BCUT2D eigenvalue weighted by molar-refractivity contribution is 1.04. The Labute approximate surface area is 82.4 Å². The third-order valence-corrected chi connectivity index (χ3v) is 4.30. The molecule has 2 unspecified atom stereocenters. The van der Waals surface area contributed by atoms with Crippen molar-refractivity contribution in [2.45, 2.75) is 9.78 Å². The lowest BCUT2D eigenvalue weighted by atomic mass is 10.2. The Morgan fingerprint density at radius 3 is 2.64 bits per heavy atom. The minimum atomic E-state index is 0.319. The highest BCUT2D eigenvalue weighted by molar-refractivity contribution is 9.12. The summed E-state index contributed by atoms with van der Waals surface area (Å²) in [6, 6.07) is 8.31. The zero-order valence-corrected chi connectivity index (χ0v) is 8.89. The van der Waals surface area contributed by atoms with Crippen molar-refractivity contribution in [1.82, 2.24) is 0 Å². The van der Waals surface area contributed by atoms with Gasteiger partial charge in [0.1, 0.15) is 0 Å². The first-order valence-corrected chi connectivity index (χ1v) is 5.26. The summed E-state index contributed by atoms with van der Waals surface area (Å²) >= 11 is 7.12. The Balaban J connectivity index is 2.47. The first-order valence-electron chi connectivity index (χ1n) is 3.42. The molecule has 2 atom stereocenters. The Bertz CT molecular complexity index is 275. The molecule has 0 aliphatic carbocycles. The Kier molecular flexibility index (Phi) is 1.93. The summed E-state index contributed by atoms with van der Waals surface area (Å²) in [5.74, 6) is 0. The number of benzene rings is 1. The first-order chi connectivity index (χ1) is 5.29. The summed E-state index contributed by atoms with van der Waals surface area (Å²) in [7, 11) is 0. The van der Waals surface area contributed by atoms with Crippen LogP contribution in [0.1, 0.15) is 10.4 Å². The summed E-state index contributed by atoms with van der Waals surface area (Å²) in [5.41, 5.74) is 2.55. The zero-order valence-electron chi connectivity index (χ0n) is 5.72.